The molecule has 0 aliphatic carbocycles. The highest BCUT2D eigenvalue weighted by atomic mass is 28.3. The Kier molecular flexibility index (Phi) is 3.77. The molecule has 1 nitrogen and oxygen atoms in total. The lowest BCUT2D eigenvalue weighted by Crippen LogP contribution is -2.16. The highest BCUT2D eigenvalue weighted by Gasteiger charge is 2.24. The zero-order chi connectivity index (χ0) is 14.0. The standard InChI is InChI=1S/C17H20OSi/c1-5-8-15-16(17(15)18)14-10-7-6-9-13(14)11-12-19(2,3)4/h6-7,9-10H,5,8H2,1-4H3. The first-order valence-electron chi connectivity index (χ1n) is 6.84. The SMILES string of the molecule is CCCc1c(-c2ccccc2C#C[Si](C)(C)C)c1=O. The number of rotatable bonds is 3. The van der Waals surface area contributed by atoms with Crippen molar-refractivity contribution in [2.75, 3.05) is 0 Å². The minimum atomic E-state index is -1.39. The van der Waals surface area contributed by atoms with Crippen LogP contribution in [0.4, 0.5) is 0 Å². The van der Waals surface area contributed by atoms with Gasteiger partial charge < -0.3 is 0 Å². The van der Waals surface area contributed by atoms with Gasteiger partial charge in [-0.15, -0.1) is 5.54 Å². The van der Waals surface area contributed by atoms with Gasteiger partial charge in [0.05, 0.1) is 0 Å². The maximum atomic E-state index is 11.8. The van der Waals surface area contributed by atoms with Crippen LogP contribution in [0.3, 0.4) is 0 Å². The predicted octanol–water partition coefficient (Wildman–Crippen LogP) is 3.77. The quantitative estimate of drug-likeness (QED) is 0.612. The fourth-order valence-electron chi connectivity index (χ4n) is 2.05. The molecule has 19 heavy (non-hydrogen) atoms. The van der Waals surface area contributed by atoms with Gasteiger partial charge in [0.1, 0.15) is 8.07 Å². The zero-order valence-corrected chi connectivity index (χ0v) is 13.1. The van der Waals surface area contributed by atoms with Crippen molar-refractivity contribution in [2.24, 2.45) is 0 Å². The Hall–Kier alpha value is -1.59. The molecular formula is C17H20OSi. The molecule has 0 fully saturated rings. The fraction of sp³-hybridized carbons (Fsp3) is 0.353. The number of benzene rings is 1. The molecule has 0 saturated carbocycles. The lowest BCUT2D eigenvalue weighted by atomic mass is 10.1. The van der Waals surface area contributed by atoms with Crippen molar-refractivity contribution < 1.29 is 0 Å². The summed E-state index contributed by atoms with van der Waals surface area (Å²) < 4.78 is 0. The molecule has 0 radical (unpaired) electrons. The molecule has 0 saturated heterocycles. The summed E-state index contributed by atoms with van der Waals surface area (Å²) in [6.45, 7) is 8.79. The van der Waals surface area contributed by atoms with Gasteiger partial charge in [-0.2, -0.15) is 0 Å². The molecule has 0 heterocycles. The second-order valence-electron chi connectivity index (χ2n) is 5.98. The van der Waals surface area contributed by atoms with Gasteiger partial charge in [-0.1, -0.05) is 57.1 Å². The van der Waals surface area contributed by atoms with E-state index >= 15 is 0 Å². The van der Waals surface area contributed by atoms with E-state index in [1.54, 1.807) is 0 Å². The number of hydrogen-bond donors (Lipinski definition) is 0. The Morgan fingerprint density at radius 3 is 2.47 bits per heavy atom. The minimum absolute atomic E-state index is 0.240. The highest BCUT2D eigenvalue weighted by Crippen LogP contribution is 2.29. The summed E-state index contributed by atoms with van der Waals surface area (Å²) in [6, 6.07) is 8.01. The van der Waals surface area contributed by atoms with Crippen LogP contribution in [-0.2, 0) is 6.42 Å². The Labute approximate surface area is 116 Å². The van der Waals surface area contributed by atoms with Gasteiger partial charge >= 0.3 is 0 Å². The third-order valence-electron chi connectivity index (χ3n) is 3.01. The van der Waals surface area contributed by atoms with Crippen LogP contribution in [0.2, 0.25) is 19.6 Å². The molecule has 0 atom stereocenters. The summed E-state index contributed by atoms with van der Waals surface area (Å²) in [5.41, 5.74) is 7.57. The van der Waals surface area contributed by atoms with Crippen molar-refractivity contribution in [2.45, 2.75) is 39.4 Å². The van der Waals surface area contributed by atoms with Crippen LogP contribution in [0, 0.1) is 11.5 Å². The van der Waals surface area contributed by atoms with Gasteiger partial charge in [0, 0.05) is 22.3 Å². The van der Waals surface area contributed by atoms with Crippen molar-refractivity contribution in [3.63, 3.8) is 0 Å². The van der Waals surface area contributed by atoms with E-state index < -0.39 is 8.07 Å². The molecule has 0 N–H and O–H groups in total. The second-order valence-corrected chi connectivity index (χ2v) is 10.7. The molecule has 2 aromatic rings. The first-order chi connectivity index (χ1) is 8.94. The van der Waals surface area contributed by atoms with E-state index in [-0.39, 0.29) is 5.43 Å². The smallest absolute Gasteiger partial charge is 0.190 e. The molecule has 0 bridgehead atoms. The van der Waals surface area contributed by atoms with Crippen molar-refractivity contribution >= 4 is 8.07 Å². The Morgan fingerprint density at radius 1 is 1.16 bits per heavy atom. The Balaban J connectivity index is 2.39. The molecule has 0 aliphatic rings. The topological polar surface area (TPSA) is 17.1 Å². The van der Waals surface area contributed by atoms with E-state index in [1.165, 1.54) is 0 Å². The molecule has 2 heteroatoms. The van der Waals surface area contributed by atoms with Crippen LogP contribution in [0.5, 0.6) is 0 Å². The summed E-state index contributed by atoms with van der Waals surface area (Å²) in [5.74, 6) is 3.28. The first-order valence-corrected chi connectivity index (χ1v) is 10.3. The van der Waals surface area contributed by atoms with Crippen LogP contribution in [0.25, 0.3) is 11.1 Å². The molecule has 0 spiro atoms. The molecule has 2 rings (SSSR count). The molecule has 0 aromatic heterocycles. The van der Waals surface area contributed by atoms with Crippen LogP contribution < -0.4 is 5.43 Å². The van der Waals surface area contributed by atoms with Gasteiger partial charge in [0.25, 0.3) is 0 Å². The van der Waals surface area contributed by atoms with Gasteiger partial charge in [0.2, 0.25) is 0 Å². The third kappa shape index (κ3) is 3.24. The first kappa shape index (κ1) is 13.8. The average molecular weight is 268 g/mol. The summed E-state index contributed by atoms with van der Waals surface area (Å²) in [6.07, 6.45) is 1.91. The summed E-state index contributed by atoms with van der Waals surface area (Å²) in [4.78, 5) is 11.8. The van der Waals surface area contributed by atoms with Gasteiger partial charge in [-0.05, 0) is 12.5 Å². The van der Waals surface area contributed by atoms with Crippen LogP contribution in [0.1, 0.15) is 24.5 Å². The zero-order valence-electron chi connectivity index (χ0n) is 12.1. The molecule has 98 valence electrons. The van der Waals surface area contributed by atoms with Gasteiger partial charge in [-0.25, -0.2) is 0 Å². The van der Waals surface area contributed by atoms with E-state index in [0.29, 0.717) is 0 Å². The summed E-state index contributed by atoms with van der Waals surface area (Å²) in [5, 5.41) is 0. The molecule has 2 aromatic carbocycles. The van der Waals surface area contributed by atoms with Crippen LogP contribution in [-0.4, -0.2) is 8.07 Å². The number of hydrogen-bond acceptors (Lipinski definition) is 1. The molecule has 0 aliphatic heterocycles. The van der Waals surface area contributed by atoms with E-state index in [9.17, 15) is 4.79 Å². The molecular weight excluding hydrogens is 248 g/mol. The highest BCUT2D eigenvalue weighted by molar-refractivity contribution is 6.83. The largest absolute Gasteiger partial charge is 0.289 e. The fourth-order valence-corrected chi connectivity index (χ4v) is 2.55. The van der Waals surface area contributed by atoms with E-state index in [4.69, 9.17) is 0 Å². The predicted molar refractivity (Wildman–Crippen MR) is 84.7 cm³/mol. The maximum Gasteiger partial charge on any atom is 0.190 e. The molecule has 0 amide bonds. The van der Waals surface area contributed by atoms with Crippen molar-refractivity contribution in [1.82, 2.24) is 0 Å². The maximum absolute atomic E-state index is 11.8. The van der Waals surface area contributed by atoms with Crippen molar-refractivity contribution in [3.8, 4) is 22.6 Å². The molecule has 0 unspecified atom stereocenters. The normalized spacial score (nSPS) is 11.4. The monoisotopic (exact) mass is 268 g/mol. The summed E-state index contributed by atoms with van der Waals surface area (Å²) in [7, 11) is -1.39. The lowest BCUT2D eigenvalue weighted by molar-refractivity contribution is 0.939. The van der Waals surface area contributed by atoms with Crippen molar-refractivity contribution in [3.05, 3.63) is 45.6 Å². The minimum Gasteiger partial charge on any atom is -0.289 e. The van der Waals surface area contributed by atoms with Gasteiger partial charge in [0.15, 0.2) is 5.43 Å². The van der Waals surface area contributed by atoms with E-state index in [1.807, 2.05) is 24.3 Å². The summed E-state index contributed by atoms with van der Waals surface area (Å²) >= 11 is 0. The lowest BCUT2D eigenvalue weighted by Gasteiger charge is -2.04. The van der Waals surface area contributed by atoms with Crippen LogP contribution in [0.15, 0.2) is 29.1 Å². The second kappa shape index (κ2) is 5.18. The Morgan fingerprint density at radius 2 is 1.84 bits per heavy atom. The van der Waals surface area contributed by atoms with E-state index in [2.05, 4.69) is 38.0 Å². The average Bonchev–Trinajstić information content (AvgIpc) is 2.97. The van der Waals surface area contributed by atoms with Gasteiger partial charge in [-0.3, -0.25) is 4.79 Å². The van der Waals surface area contributed by atoms with E-state index in [0.717, 1.165) is 35.1 Å². The van der Waals surface area contributed by atoms with Crippen LogP contribution >= 0.6 is 0 Å². The van der Waals surface area contributed by atoms with Crippen molar-refractivity contribution in [1.29, 1.82) is 0 Å². The Bertz CT molecular complexity index is 655. The third-order valence-corrected chi connectivity index (χ3v) is 3.88.